The summed E-state index contributed by atoms with van der Waals surface area (Å²) in [5, 5.41) is 22.5. The molecular formula is C9H9N3O. The zero-order valence-electron chi connectivity index (χ0n) is 6.99. The van der Waals surface area contributed by atoms with Gasteiger partial charge in [0, 0.05) is 6.54 Å². The third-order valence-corrected chi connectivity index (χ3v) is 2.07. The number of benzene rings is 1. The number of para-hydroxylation sites is 1. The van der Waals surface area contributed by atoms with Crippen LogP contribution in [-0.4, -0.2) is 18.3 Å². The average molecular weight is 175 g/mol. The van der Waals surface area contributed by atoms with E-state index in [-0.39, 0.29) is 0 Å². The highest BCUT2D eigenvalue weighted by molar-refractivity contribution is 5.76. The Kier molecular flexibility index (Phi) is 1.80. The lowest BCUT2D eigenvalue weighted by molar-refractivity contribution is 0.256. The first-order valence-corrected chi connectivity index (χ1v) is 4.06. The molecule has 0 aliphatic carbocycles. The SMILES string of the molecule is N#Cc1cccc2c1NCCN2O. The van der Waals surface area contributed by atoms with Gasteiger partial charge in [0.25, 0.3) is 0 Å². The van der Waals surface area contributed by atoms with E-state index in [0.29, 0.717) is 24.3 Å². The fourth-order valence-corrected chi connectivity index (χ4v) is 1.44. The lowest BCUT2D eigenvalue weighted by Gasteiger charge is -2.26. The van der Waals surface area contributed by atoms with E-state index in [1.54, 1.807) is 18.2 Å². The summed E-state index contributed by atoms with van der Waals surface area (Å²) in [6, 6.07) is 7.34. The number of anilines is 2. The van der Waals surface area contributed by atoms with Crippen LogP contribution in [-0.2, 0) is 0 Å². The maximum absolute atomic E-state index is 9.47. The number of hydrogen-bond acceptors (Lipinski definition) is 4. The normalized spacial score (nSPS) is 14.3. The van der Waals surface area contributed by atoms with Crippen molar-refractivity contribution in [2.24, 2.45) is 0 Å². The van der Waals surface area contributed by atoms with Gasteiger partial charge in [0.15, 0.2) is 0 Å². The maximum Gasteiger partial charge on any atom is 0.101 e. The molecule has 0 aromatic heterocycles. The van der Waals surface area contributed by atoms with Crippen molar-refractivity contribution in [1.29, 1.82) is 5.26 Å². The van der Waals surface area contributed by atoms with Crippen LogP contribution < -0.4 is 10.4 Å². The number of nitriles is 1. The van der Waals surface area contributed by atoms with E-state index in [1.807, 2.05) is 0 Å². The van der Waals surface area contributed by atoms with Crippen molar-refractivity contribution in [3.05, 3.63) is 23.8 Å². The largest absolute Gasteiger partial charge is 0.380 e. The van der Waals surface area contributed by atoms with E-state index >= 15 is 0 Å². The molecule has 2 N–H and O–H groups in total. The summed E-state index contributed by atoms with van der Waals surface area (Å²) in [5.41, 5.74) is 1.96. The van der Waals surface area contributed by atoms with E-state index in [4.69, 9.17) is 5.26 Å². The number of nitrogens with zero attached hydrogens (tertiary/aromatic N) is 2. The Bertz CT molecular complexity index is 370. The molecule has 66 valence electrons. The zero-order valence-corrected chi connectivity index (χ0v) is 6.99. The van der Waals surface area contributed by atoms with Crippen molar-refractivity contribution in [3.63, 3.8) is 0 Å². The quantitative estimate of drug-likeness (QED) is 0.621. The fraction of sp³-hybridized carbons (Fsp3) is 0.222. The molecule has 1 aromatic carbocycles. The minimum absolute atomic E-state index is 0.544. The smallest absolute Gasteiger partial charge is 0.101 e. The topological polar surface area (TPSA) is 59.3 Å². The van der Waals surface area contributed by atoms with Crippen LogP contribution in [0.15, 0.2) is 18.2 Å². The molecule has 1 aliphatic rings. The van der Waals surface area contributed by atoms with Crippen LogP contribution in [0.4, 0.5) is 11.4 Å². The molecule has 1 aliphatic heterocycles. The van der Waals surface area contributed by atoms with Crippen LogP contribution in [0.25, 0.3) is 0 Å². The van der Waals surface area contributed by atoms with Crippen LogP contribution in [0.5, 0.6) is 0 Å². The lowest BCUT2D eigenvalue weighted by Crippen LogP contribution is -2.31. The molecule has 0 fully saturated rings. The van der Waals surface area contributed by atoms with Gasteiger partial charge in [0.1, 0.15) is 6.07 Å². The Hall–Kier alpha value is -1.73. The predicted molar refractivity (Wildman–Crippen MR) is 48.8 cm³/mol. The van der Waals surface area contributed by atoms with Crippen molar-refractivity contribution >= 4 is 11.4 Å². The van der Waals surface area contributed by atoms with Crippen LogP contribution in [0, 0.1) is 11.3 Å². The molecule has 0 unspecified atom stereocenters. The highest BCUT2D eigenvalue weighted by atomic mass is 16.5. The third-order valence-electron chi connectivity index (χ3n) is 2.07. The average Bonchev–Trinajstić information content (AvgIpc) is 2.18. The summed E-state index contributed by atoms with van der Waals surface area (Å²) in [4.78, 5) is 0. The van der Waals surface area contributed by atoms with E-state index < -0.39 is 0 Å². The molecule has 4 nitrogen and oxygen atoms in total. The highest BCUT2D eigenvalue weighted by Crippen LogP contribution is 2.30. The van der Waals surface area contributed by atoms with E-state index in [0.717, 1.165) is 10.8 Å². The molecule has 0 radical (unpaired) electrons. The summed E-state index contributed by atoms with van der Waals surface area (Å²) in [7, 11) is 0. The minimum Gasteiger partial charge on any atom is -0.380 e. The van der Waals surface area contributed by atoms with Gasteiger partial charge in [-0.1, -0.05) is 6.07 Å². The summed E-state index contributed by atoms with van der Waals surface area (Å²) in [5.74, 6) is 0. The molecular weight excluding hydrogens is 166 g/mol. The Morgan fingerprint density at radius 2 is 2.38 bits per heavy atom. The number of rotatable bonds is 0. The van der Waals surface area contributed by atoms with Crippen molar-refractivity contribution in [2.45, 2.75) is 0 Å². The van der Waals surface area contributed by atoms with Gasteiger partial charge < -0.3 is 5.32 Å². The first kappa shape index (κ1) is 7.90. The fourth-order valence-electron chi connectivity index (χ4n) is 1.44. The molecule has 0 saturated heterocycles. The van der Waals surface area contributed by atoms with Crippen molar-refractivity contribution in [1.82, 2.24) is 0 Å². The Labute approximate surface area is 76.0 Å². The summed E-state index contributed by atoms with van der Waals surface area (Å²) >= 11 is 0. The highest BCUT2D eigenvalue weighted by Gasteiger charge is 2.16. The van der Waals surface area contributed by atoms with Gasteiger partial charge in [0.2, 0.25) is 0 Å². The van der Waals surface area contributed by atoms with Gasteiger partial charge in [-0.05, 0) is 12.1 Å². The molecule has 2 rings (SSSR count). The second kappa shape index (κ2) is 2.96. The molecule has 1 aromatic rings. The van der Waals surface area contributed by atoms with Gasteiger partial charge >= 0.3 is 0 Å². The van der Waals surface area contributed by atoms with E-state index in [1.165, 1.54) is 0 Å². The second-order valence-electron chi connectivity index (χ2n) is 2.86. The lowest BCUT2D eigenvalue weighted by atomic mass is 10.1. The number of hydrogen-bond donors (Lipinski definition) is 2. The van der Waals surface area contributed by atoms with Gasteiger partial charge in [-0.25, -0.2) is 0 Å². The molecule has 4 heteroatoms. The Morgan fingerprint density at radius 1 is 1.54 bits per heavy atom. The molecule has 0 amide bonds. The van der Waals surface area contributed by atoms with Crippen molar-refractivity contribution in [2.75, 3.05) is 23.5 Å². The van der Waals surface area contributed by atoms with Crippen LogP contribution in [0.1, 0.15) is 5.56 Å². The summed E-state index contributed by atoms with van der Waals surface area (Å²) in [6.07, 6.45) is 0. The first-order valence-electron chi connectivity index (χ1n) is 4.06. The molecule has 13 heavy (non-hydrogen) atoms. The monoisotopic (exact) mass is 175 g/mol. The van der Waals surface area contributed by atoms with Crippen molar-refractivity contribution < 1.29 is 5.21 Å². The standard InChI is InChI=1S/C9H9N3O/c10-6-7-2-1-3-8-9(7)11-4-5-12(8)13/h1-3,11,13H,4-5H2. The molecule has 0 bridgehead atoms. The van der Waals surface area contributed by atoms with Gasteiger partial charge in [-0.3, -0.25) is 10.3 Å². The number of hydroxylamine groups is 1. The van der Waals surface area contributed by atoms with Crippen LogP contribution in [0.3, 0.4) is 0 Å². The third kappa shape index (κ3) is 1.19. The van der Waals surface area contributed by atoms with Gasteiger partial charge in [0.05, 0.1) is 23.5 Å². The summed E-state index contributed by atoms with van der Waals surface area (Å²) in [6.45, 7) is 1.20. The van der Waals surface area contributed by atoms with Gasteiger partial charge in [-0.15, -0.1) is 0 Å². The predicted octanol–water partition coefficient (Wildman–Crippen LogP) is 1.18. The van der Waals surface area contributed by atoms with Crippen molar-refractivity contribution in [3.8, 4) is 6.07 Å². The van der Waals surface area contributed by atoms with Gasteiger partial charge in [-0.2, -0.15) is 5.26 Å². The Morgan fingerprint density at radius 3 is 3.15 bits per heavy atom. The minimum atomic E-state index is 0.544. The zero-order chi connectivity index (χ0) is 9.26. The summed E-state index contributed by atoms with van der Waals surface area (Å²) < 4.78 is 0. The van der Waals surface area contributed by atoms with E-state index in [2.05, 4.69) is 11.4 Å². The van der Waals surface area contributed by atoms with Crippen LogP contribution >= 0.6 is 0 Å². The number of fused-ring (bicyclic) bond motifs is 1. The second-order valence-corrected chi connectivity index (χ2v) is 2.86. The molecule has 1 heterocycles. The Balaban J connectivity index is 2.56. The first-order chi connectivity index (χ1) is 6.33. The van der Waals surface area contributed by atoms with Crippen LogP contribution in [0.2, 0.25) is 0 Å². The van der Waals surface area contributed by atoms with E-state index in [9.17, 15) is 5.21 Å². The molecule has 0 spiro atoms. The molecule has 0 atom stereocenters. The molecule has 0 saturated carbocycles. The number of nitrogens with one attached hydrogen (secondary N) is 1. The maximum atomic E-state index is 9.47.